The van der Waals surface area contributed by atoms with Crippen molar-refractivity contribution in [1.29, 1.82) is 0 Å². The van der Waals surface area contributed by atoms with Crippen LogP contribution in [0.1, 0.15) is 17.4 Å². The Morgan fingerprint density at radius 2 is 2.12 bits per heavy atom. The first-order chi connectivity index (χ1) is 12.1. The standard InChI is InChI=1S/C17H18BrNO5S/c1-2-22-15(20)9-24-17(10-21-11-17)12-3-5-13(6-4-12)23-8-14-7-19-16(18)25-14/h3-7H,2,8-11H2,1H3. The zero-order valence-corrected chi connectivity index (χ0v) is 16.1. The van der Waals surface area contributed by atoms with Gasteiger partial charge >= 0.3 is 5.97 Å². The Morgan fingerprint density at radius 1 is 1.36 bits per heavy atom. The van der Waals surface area contributed by atoms with Gasteiger partial charge < -0.3 is 18.9 Å². The summed E-state index contributed by atoms with van der Waals surface area (Å²) in [6.07, 6.45) is 1.78. The second kappa shape index (κ2) is 8.27. The van der Waals surface area contributed by atoms with Gasteiger partial charge in [-0.2, -0.15) is 0 Å². The van der Waals surface area contributed by atoms with Gasteiger partial charge in [-0.3, -0.25) is 0 Å². The van der Waals surface area contributed by atoms with Crippen LogP contribution in [0.15, 0.2) is 34.4 Å². The van der Waals surface area contributed by atoms with Gasteiger partial charge in [0.15, 0.2) is 3.92 Å². The van der Waals surface area contributed by atoms with E-state index in [4.69, 9.17) is 18.9 Å². The number of thiazole rings is 1. The minimum atomic E-state index is -0.589. The van der Waals surface area contributed by atoms with E-state index in [1.54, 1.807) is 24.5 Å². The maximum Gasteiger partial charge on any atom is 0.332 e. The van der Waals surface area contributed by atoms with E-state index in [1.165, 1.54) is 0 Å². The molecular weight excluding hydrogens is 410 g/mol. The van der Waals surface area contributed by atoms with E-state index in [2.05, 4.69) is 20.9 Å². The zero-order chi connectivity index (χ0) is 17.7. The van der Waals surface area contributed by atoms with Crippen molar-refractivity contribution in [1.82, 2.24) is 4.98 Å². The molecule has 1 aliphatic heterocycles. The van der Waals surface area contributed by atoms with Gasteiger partial charge in [0.2, 0.25) is 0 Å². The first-order valence-corrected chi connectivity index (χ1v) is 9.43. The summed E-state index contributed by atoms with van der Waals surface area (Å²) >= 11 is 4.87. The average molecular weight is 428 g/mol. The number of carbonyl (C=O) groups excluding carboxylic acids is 1. The van der Waals surface area contributed by atoms with Gasteiger partial charge in [-0.15, -0.1) is 11.3 Å². The largest absolute Gasteiger partial charge is 0.488 e. The van der Waals surface area contributed by atoms with Gasteiger partial charge in [0.1, 0.15) is 24.6 Å². The second-order valence-corrected chi connectivity index (χ2v) is 7.86. The molecule has 3 rings (SSSR count). The predicted molar refractivity (Wildman–Crippen MR) is 95.7 cm³/mol. The van der Waals surface area contributed by atoms with E-state index >= 15 is 0 Å². The Hall–Kier alpha value is -1.48. The maximum absolute atomic E-state index is 11.5. The molecular formula is C17H18BrNO5S. The molecule has 1 aromatic carbocycles. The summed E-state index contributed by atoms with van der Waals surface area (Å²) in [6.45, 7) is 3.33. The molecule has 6 nitrogen and oxygen atoms in total. The maximum atomic E-state index is 11.5. The van der Waals surface area contributed by atoms with Crippen LogP contribution in [0.2, 0.25) is 0 Å². The summed E-state index contributed by atoms with van der Waals surface area (Å²) in [6, 6.07) is 7.65. The Morgan fingerprint density at radius 3 is 2.68 bits per heavy atom. The summed E-state index contributed by atoms with van der Waals surface area (Å²) < 4.78 is 22.6. The molecule has 2 heterocycles. The van der Waals surface area contributed by atoms with Crippen molar-refractivity contribution in [3.63, 3.8) is 0 Å². The topological polar surface area (TPSA) is 66.9 Å². The van der Waals surface area contributed by atoms with E-state index in [9.17, 15) is 4.79 Å². The lowest BCUT2D eigenvalue weighted by Gasteiger charge is -2.41. The fourth-order valence-corrected chi connectivity index (χ4v) is 3.65. The molecule has 1 aromatic heterocycles. The first kappa shape index (κ1) is 18.3. The average Bonchev–Trinajstić information content (AvgIpc) is 2.99. The Kier molecular flexibility index (Phi) is 6.06. The number of halogens is 1. The summed E-state index contributed by atoms with van der Waals surface area (Å²) in [5.41, 5.74) is 0.365. The molecule has 0 bridgehead atoms. The quantitative estimate of drug-likeness (QED) is 0.602. The molecule has 0 atom stereocenters. The number of aromatic nitrogens is 1. The van der Waals surface area contributed by atoms with Crippen LogP contribution < -0.4 is 4.74 Å². The predicted octanol–water partition coefficient (Wildman–Crippen LogP) is 3.29. The molecule has 0 amide bonds. The van der Waals surface area contributed by atoms with Crippen molar-refractivity contribution in [2.24, 2.45) is 0 Å². The van der Waals surface area contributed by atoms with Gasteiger partial charge in [0.25, 0.3) is 0 Å². The lowest BCUT2D eigenvalue weighted by atomic mass is 9.91. The lowest BCUT2D eigenvalue weighted by Crippen LogP contribution is -2.49. The molecule has 134 valence electrons. The molecule has 2 aromatic rings. The molecule has 1 aliphatic rings. The molecule has 8 heteroatoms. The summed E-state index contributed by atoms with van der Waals surface area (Å²) in [7, 11) is 0. The van der Waals surface area contributed by atoms with Crippen molar-refractivity contribution >= 4 is 33.2 Å². The fourth-order valence-electron chi connectivity index (χ4n) is 2.38. The van der Waals surface area contributed by atoms with Crippen molar-refractivity contribution in [3.8, 4) is 5.75 Å². The number of ether oxygens (including phenoxy) is 4. The SMILES string of the molecule is CCOC(=O)COC1(c2ccc(OCc3cnc(Br)s3)cc2)COC1. The van der Waals surface area contributed by atoms with Crippen molar-refractivity contribution in [3.05, 3.63) is 44.8 Å². The molecule has 0 unspecified atom stereocenters. The minimum absolute atomic E-state index is 0.0876. The van der Waals surface area contributed by atoms with Gasteiger partial charge in [0, 0.05) is 6.20 Å². The number of esters is 1. The smallest absolute Gasteiger partial charge is 0.332 e. The summed E-state index contributed by atoms with van der Waals surface area (Å²) in [5, 5.41) is 0. The number of carbonyl (C=O) groups is 1. The van der Waals surface area contributed by atoms with Gasteiger partial charge in [-0.25, -0.2) is 9.78 Å². The highest BCUT2D eigenvalue weighted by Crippen LogP contribution is 2.34. The number of benzene rings is 1. The monoisotopic (exact) mass is 427 g/mol. The highest BCUT2D eigenvalue weighted by atomic mass is 79.9. The Bertz CT molecular complexity index is 714. The number of nitrogens with zero attached hydrogens (tertiary/aromatic N) is 1. The van der Waals surface area contributed by atoms with Crippen LogP contribution >= 0.6 is 27.3 Å². The van der Waals surface area contributed by atoms with E-state index in [0.29, 0.717) is 26.4 Å². The van der Waals surface area contributed by atoms with Crippen molar-refractivity contribution in [2.75, 3.05) is 26.4 Å². The van der Waals surface area contributed by atoms with Gasteiger partial charge in [0.05, 0.1) is 24.7 Å². The molecule has 0 aliphatic carbocycles. The van der Waals surface area contributed by atoms with Crippen LogP contribution in [-0.2, 0) is 31.2 Å². The minimum Gasteiger partial charge on any atom is -0.488 e. The summed E-state index contributed by atoms with van der Waals surface area (Å²) in [5.74, 6) is 0.388. The summed E-state index contributed by atoms with van der Waals surface area (Å²) in [4.78, 5) is 16.7. The third-order valence-corrected chi connectivity index (χ3v) is 5.18. The molecule has 1 fully saturated rings. The van der Waals surface area contributed by atoms with E-state index in [-0.39, 0.29) is 12.6 Å². The molecule has 0 spiro atoms. The molecule has 1 saturated heterocycles. The van der Waals surface area contributed by atoms with Crippen molar-refractivity contribution in [2.45, 2.75) is 19.1 Å². The van der Waals surface area contributed by atoms with Crippen LogP contribution in [-0.4, -0.2) is 37.4 Å². The number of hydrogen-bond acceptors (Lipinski definition) is 7. The molecule has 0 saturated carbocycles. The Labute approximate surface area is 158 Å². The van der Waals surface area contributed by atoms with Crippen LogP contribution in [0.4, 0.5) is 0 Å². The van der Waals surface area contributed by atoms with Crippen molar-refractivity contribution < 1.29 is 23.7 Å². The number of hydrogen-bond donors (Lipinski definition) is 0. The number of rotatable bonds is 8. The third-order valence-electron chi connectivity index (χ3n) is 3.73. The van der Waals surface area contributed by atoms with E-state index in [1.807, 2.05) is 24.3 Å². The van der Waals surface area contributed by atoms with Crippen LogP contribution in [0, 0.1) is 0 Å². The normalized spacial score (nSPS) is 15.4. The van der Waals surface area contributed by atoms with E-state index < -0.39 is 5.60 Å². The Balaban J connectivity index is 1.59. The molecule has 0 N–H and O–H groups in total. The van der Waals surface area contributed by atoms with E-state index in [0.717, 1.165) is 20.1 Å². The van der Waals surface area contributed by atoms with Gasteiger partial charge in [-0.1, -0.05) is 12.1 Å². The molecule has 25 heavy (non-hydrogen) atoms. The van der Waals surface area contributed by atoms with Crippen LogP contribution in [0.3, 0.4) is 0 Å². The third kappa shape index (κ3) is 4.58. The van der Waals surface area contributed by atoms with Crippen LogP contribution in [0.5, 0.6) is 5.75 Å². The molecule has 0 radical (unpaired) electrons. The fraction of sp³-hybridized carbons (Fsp3) is 0.412. The zero-order valence-electron chi connectivity index (χ0n) is 13.7. The lowest BCUT2D eigenvalue weighted by molar-refractivity contribution is -0.221. The second-order valence-electron chi connectivity index (χ2n) is 5.47. The van der Waals surface area contributed by atoms with Crippen LogP contribution in [0.25, 0.3) is 0 Å². The highest BCUT2D eigenvalue weighted by Gasteiger charge is 2.42. The first-order valence-electron chi connectivity index (χ1n) is 7.82. The highest BCUT2D eigenvalue weighted by molar-refractivity contribution is 9.11. The van der Waals surface area contributed by atoms with Gasteiger partial charge in [-0.05, 0) is 40.5 Å².